The van der Waals surface area contributed by atoms with E-state index < -0.39 is 8.32 Å². The van der Waals surface area contributed by atoms with Gasteiger partial charge in [0.15, 0.2) is 8.32 Å². The van der Waals surface area contributed by atoms with Crippen molar-refractivity contribution in [2.45, 2.75) is 51.7 Å². The summed E-state index contributed by atoms with van der Waals surface area (Å²) in [5.41, 5.74) is 6.25. The average Bonchev–Trinajstić information content (AvgIpc) is 2.45. The molecule has 0 amide bonds. The summed E-state index contributed by atoms with van der Waals surface area (Å²) in [5.74, 6) is 1.44. The van der Waals surface area contributed by atoms with E-state index in [0.717, 1.165) is 38.5 Å². The lowest BCUT2D eigenvalue weighted by molar-refractivity contribution is 0.205. The molecule has 1 aliphatic heterocycles. The third-order valence-corrected chi connectivity index (χ3v) is 9.54. The molecule has 1 aromatic heterocycles. The monoisotopic (exact) mass is 322 g/mol. The topological polar surface area (TPSA) is 64.3 Å². The number of rotatable bonds is 4. The zero-order valence-corrected chi connectivity index (χ0v) is 15.6. The number of nitrogens with two attached hydrogens (primary N) is 1. The fourth-order valence-corrected chi connectivity index (χ4v) is 3.42. The van der Waals surface area contributed by atoms with Crippen LogP contribution in [0.25, 0.3) is 0 Å². The van der Waals surface area contributed by atoms with Gasteiger partial charge in [-0.25, -0.2) is 9.97 Å². The zero-order chi connectivity index (χ0) is 16.4. The molecule has 0 unspecified atom stereocenters. The first kappa shape index (κ1) is 17.2. The second kappa shape index (κ2) is 6.54. The van der Waals surface area contributed by atoms with Gasteiger partial charge in [-0.1, -0.05) is 20.8 Å². The molecule has 6 heteroatoms. The first-order chi connectivity index (χ1) is 10.2. The highest BCUT2D eigenvalue weighted by atomic mass is 28.4. The van der Waals surface area contributed by atoms with Crippen LogP contribution in [0.15, 0.2) is 12.4 Å². The minimum atomic E-state index is -1.63. The predicted octanol–water partition coefficient (Wildman–Crippen LogP) is 3.30. The number of anilines is 2. The van der Waals surface area contributed by atoms with Crippen molar-refractivity contribution in [3.8, 4) is 0 Å². The van der Waals surface area contributed by atoms with Gasteiger partial charge in [-0.2, -0.15) is 0 Å². The van der Waals surface area contributed by atoms with Crippen molar-refractivity contribution >= 4 is 20.0 Å². The van der Waals surface area contributed by atoms with E-state index in [2.05, 4.69) is 48.7 Å². The average molecular weight is 323 g/mol. The number of nitrogens with zero attached hydrogens (tertiary/aromatic N) is 3. The van der Waals surface area contributed by atoms with Crippen LogP contribution >= 0.6 is 0 Å². The lowest BCUT2D eigenvalue weighted by Gasteiger charge is -2.39. The van der Waals surface area contributed by atoms with E-state index in [1.807, 2.05) is 0 Å². The summed E-state index contributed by atoms with van der Waals surface area (Å²) in [4.78, 5) is 10.9. The van der Waals surface area contributed by atoms with E-state index in [1.165, 1.54) is 0 Å². The Hall–Kier alpha value is -1.14. The van der Waals surface area contributed by atoms with Gasteiger partial charge in [0.05, 0.1) is 18.1 Å². The Kier molecular flexibility index (Phi) is 5.12. The second-order valence-electron chi connectivity index (χ2n) is 7.82. The highest BCUT2D eigenvalue weighted by Crippen LogP contribution is 2.37. The Morgan fingerprint density at radius 3 is 2.27 bits per heavy atom. The fraction of sp³-hybridized carbons (Fsp3) is 0.750. The van der Waals surface area contributed by atoms with Gasteiger partial charge in [-0.15, -0.1) is 0 Å². The molecular weight excluding hydrogens is 292 g/mol. The molecule has 0 radical (unpaired) electrons. The molecule has 1 saturated heterocycles. The third kappa shape index (κ3) is 4.20. The van der Waals surface area contributed by atoms with Gasteiger partial charge in [0.2, 0.25) is 5.95 Å². The summed E-state index contributed by atoms with van der Waals surface area (Å²) < 4.78 is 6.36. The van der Waals surface area contributed by atoms with Gasteiger partial charge in [-0.05, 0) is 36.9 Å². The van der Waals surface area contributed by atoms with Crippen LogP contribution in [-0.2, 0) is 4.43 Å². The molecule has 2 rings (SSSR count). The maximum absolute atomic E-state index is 6.36. The molecule has 0 saturated carbocycles. The first-order valence-electron chi connectivity index (χ1n) is 8.15. The molecule has 124 valence electrons. The summed E-state index contributed by atoms with van der Waals surface area (Å²) >= 11 is 0. The van der Waals surface area contributed by atoms with Gasteiger partial charge in [0, 0.05) is 19.7 Å². The normalized spacial score (nSPS) is 17.8. The Balaban J connectivity index is 1.81. The van der Waals surface area contributed by atoms with Crippen LogP contribution in [0.1, 0.15) is 33.6 Å². The van der Waals surface area contributed by atoms with Gasteiger partial charge < -0.3 is 15.1 Å². The van der Waals surface area contributed by atoms with Crippen molar-refractivity contribution in [1.29, 1.82) is 0 Å². The minimum absolute atomic E-state index is 0.283. The Labute approximate surface area is 135 Å². The number of hydrogen-bond acceptors (Lipinski definition) is 5. The van der Waals surface area contributed by atoms with Crippen molar-refractivity contribution in [2.24, 2.45) is 5.92 Å². The number of aromatic nitrogens is 2. The molecular formula is C16H30N4OSi. The quantitative estimate of drug-likeness (QED) is 0.862. The van der Waals surface area contributed by atoms with Crippen LogP contribution in [0, 0.1) is 5.92 Å². The SMILES string of the molecule is CC(C)(C)[Si](C)(C)OCC1CCN(c2ncc(N)cn2)CC1. The maximum Gasteiger partial charge on any atom is 0.225 e. The fourth-order valence-electron chi connectivity index (χ4n) is 2.34. The molecule has 0 aliphatic carbocycles. The van der Waals surface area contributed by atoms with E-state index in [0.29, 0.717) is 11.6 Å². The van der Waals surface area contributed by atoms with E-state index in [9.17, 15) is 0 Å². The molecule has 1 aliphatic rings. The number of hydrogen-bond donors (Lipinski definition) is 1. The van der Waals surface area contributed by atoms with Gasteiger partial charge in [0.25, 0.3) is 0 Å². The molecule has 0 bridgehead atoms. The standard InChI is InChI=1S/C16H30N4OSi/c1-16(2,3)22(4,5)21-12-13-6-8-20(9-7-13)15-18-10-14(17)11-19-15/h10-11,13H,6-9,12,17H2,1-5H3. The Morgan fingerprint density at radius 2 is 1.77 bits per heavy atom. The van der Waals surface area contributed by atoms with E-state index in [1.54, 1.807) is 12.4 Å². The van der Waals surface area contributed by atoms with E-state index >= 15 is 0 Å². The molecule has 2 N–H and O–H groups in total. The van der Waals surface area contributed by atoms with Gasteiger partial charge in [0.1, 0.15) is 0 Å². The van der Waals surface area contributed by atoms with Crippen LogP contribution in [0.2, 0.25) is 18.1 Å². The summed E-state index contributed by atoms with van der Waals surface area (Å²) in [6, 6.07) is 0. The van der Waals surface area contributed by atoms with Gasteiger partial charge >= 0.3 is 0 Å². The third-order valence-electron chi connectivity index (χ3n) is 5.04. The summed E-state index contributed by atoms with van der Waals surface area (Å²) in [5, 5.41) is 0.283. The lowest BCUT2D eigenvalue weighted by atomic mass is 9.98. The smallest absolute Gasteiger partial charge is 0.225 e. The maximum atomic E-state index is 6.36. The van der Waals surface area contributed by atoms with E-state index in [4.69, 9.17) is 10.2 Å². The van der Waals surface area contributed by atoms with E-state index in [-0.39, 0.29) is 5.04 Å². The molecule has 5 nitrogen and oxygen atoms in total. The zero-order valence-electron chi connectivity index (χ0n) is 14.6. The predicted molar refractivity (Wildman–Crippen MR) is 94.5 cm³/mol. The molecule has 0 spiro atoms. The molecule has 0 aromatic carbocycles. The molecule has 0 atom stereocenters. The molecule has 22 heavy (non-hydrogen) atoms. The highest BCUT2D eigenvalue weighted by molar-refractivity contribution is 6.74. The highest BCUT2D eigenvalue weighted by Gasteiger charge is 2.37. The first-order valence-corrected chi connectivity index (χ1v) is 11.1. The largest absolute Gasteiger partial charge is 0.417 e. The second-order valence-corrected chi connectivity index (χ2v) is 12.6. The summed E-state index contributed by atoms with van der Waals surface area (Å²) in [7, 11) is -1.63. The van der Waals surface area contributed by atoms with Crippen molar-refractivity contribution < 1.29 is 4.43 Å². The molecule has 1 aromatic rings. The van der Waals surface area contributed by atoms with Crippen molar-refractivity contribution in [2.75, 3.05) is 30.3 Å². The van der Waals surface area contributed by atoms with Crippen LogP contribution in [0.4, 0.5) is 11.6 Å². The van der Waals surface area contributed by atoms with Crippen molar-refractivity contribution in [1.82, 2.24) is 9.97 Å². The van der Waals surface area contributed by atoms with Crippen LogP contribution in [0.3, 0.4) is 0 Å². The Morgan fingerprint density at radius 1 is 1.23 bits per heavy atom. The van der Waals surface area contributed by atoms with Gasteiger partial charge in [-0.3, -0.25) is 0 Å². The van der Waals surface area contributed by atoms with Crippen molar-refractivity contribution in [3.05, 3.63) is 12.4 Å². The number of piperidine rings is 1. The Bertz CT molecular complexity index is 476. The van der Waals surface area contributed by atoms with Crippen LogP contribution in [-0.4, -0.2) is 38.0 Å². The number of nitrogen functional groups attached to an aromatic ring is 1. The minimum Gasteiger partial charge on any atom is -0.417 e. The van der Waals surface area contributed by atoms with Crippen LogP contribution < -0.4 is 10.6 Å². The molecule has 1 fully saturated rings. The van der Waals surface area contributed by atoms with Crippen LogP contribution in [0.5, 0.6) is 0 Å². The van der Waals surface area contributed by atoms with Crippen molar-refractivity contribution in [3.63, 3.8) is 0 Å². The lowest BCUT2D eigenvalue weighted by Crippen LogP contribution is -2.43. The molecule has 2 heterocycles. The summed E-state index contributed by atoms with van der Waals surface area (Å²) in [6.45, 7) is 14.4. The summed E-state index contributed by atoms with van der Waals surface area (Å²) in [6.07, 6.45) is 5.63.